The Morgan fingerprint density at radius 1 is 1.35 bits per heavy atom. The molecule has 2 N–H and O–H groups in total. The summed E-state index contributed by atoms with van der Waals surface area (Å²) in [5.41, 5.74) is 0.379. The second-order valence-electron chi connectivity index (χ2n) is 5.52. The summed E-state index contributed by atoms with van der Waals surface area (Å²) >= 11 is 0. The van der Waals surface area contributed by atoms with Crippen molar-refractivity contribution >= 4 is 15.9 Å². The molecule has 1 amide bonds. The summed E-state index contributed by atoms with van der Waals surface area (Å²) in [5.74, 6) is 0.0135. The smallest absolute Gasteiger partial charge is 0.251 e. The van der Waals surface area contributed by atoms with Crippen LogP contribution in [0.15, 0.2) is 29.2 Å². The molecule has 0 spiro atoms. The fourth-order valence-electron chi connectivity index (χ4n) is 1.66. The van der Waals surface area contributed by atoms with Crippen molar-refractivity contribution < 1.29 is 13.2 Å². The summed E-state index contributed by atoms with van der Waals surface area (Å²) in [6, 6.07) is 6.38. The molecule has 0 heterocycles. The molecule has 1 aliphatic carbocycles. The largest absolute Gasteiger partial charge is 0.349 e. The van der Waals surface area contributed by atoms with E-state index in [-0.39, 0.29) is 22.8 Å². The topological polar surface area (TPSA) is 75.3 Å². The Morgan fingerprint density at radius 2 is 2.05 bits per heavy atom. The quantitative estimate of drug-likeness (QED) is 0.835. The molecule has 1 aliphatic rings. The minimum absolute atomic E-state index is 0.126. The van der Waals surface area contributed by atoms with E-state index in [1.165, 1.54) is 12.1 Å². The average Bonchev–Trinajstić information content (AvgIpc) is 3.20. The van der Waals surface area contributed by atoms with Crippen LogP contribution in [0.5, 0.6) is 0 Å². The number of hydrogen-bond donors (Lipinski definition) is 2. The predicted molar refractivity (Wildman–Crippen MR) is 77.0 cm³/mol. The fourth-order valence-corrected chi connectivity index (χ4v) is 2.92. The third-order valence-electron chi connectivity index (χ3n) is 3.00. The average molecular weight is 296 g/mol. The molecule has 1 saturated carbocycles. The first-order valence-corrected chi connectivity index (χ1v) is 8.27. The Hall–Kier alpha value is -1.40. The molecule has 0 aliphatic heterocycles. The third kappa shape index (κ3) is 4.05. The van der Waals surface area contributed by atoms with Gasteiger partial charge in [-0.05, 0) is 37.0 Å². The van der Waals surface area contributed by atoms with Gasteiger partial charge in [-0.25, -0.2) is 13.1 Å². The maximum atomic E-state index is 12.1. The van der Waals surface area contributed by atoms with E-state index in [1.807, 2.05) is 13.8 Å². The molecular weight excluding hydrogens is 276 g/mol. The van der Waals surface area contributed by atoms with Crippen LogP contribution in [0.4, 0.5) is 0 Å². The lowest BCUT2D eigenvalue weighted by Crippen LogP contribution is -2.28. The molecule has 0 unspecified atom stereocenters. The van der Waals surface area contributed by atoms with Gasteiger partial charge in [0, 0.05) is 18.2 Å². The zero-order valence-electron chi connectivity index (χ0n) is 11.7. The van der Waals surface area contributed by atoms with Crippen molar-refractivity contribution in [2.24, 2.45) is 5.92 Å². The van der Waals surface area contributed by atoms with Gasteiger partial charge in [0.2, 0.25) is 10.0 Å². The Kier molecular flexibility index (Phi) is 4.45. The van der Waals surface area contributed by atoms with Crippen molar-refractivity contribution in [3.8, 4) is 0 Å². The summed E-state index contributed by atoms with van der Waals surface area (Å²) in [4.78, 5) is 12.0. The van der Waals surface area contributed by atoms with Crippen LogP contribution in [0.25, 0.3) is 0 Å². The summed E-state index contributed by atoms with van der Waals surface area (Å²) < 4.78 is 26.7. The second kappa shape index (κ2) is 5.93. The van der Waals surface area contributed by atoms with Crippen LogP contribution in [-0.2, 0) is 10.0 Å². The number of carbonyl (C=O) groups excluding carboxylic acids is 1. The standard InChI is InChI=1S/C14H20N2O3S/c1-10(2)9-15-20(18,19)13-5-3-4-11(8-13)14(17)16-12-6-7-12/h3-5,8,10,12,15H,6-7,9H2,1-2H3,(H,16,17). The SMILES string of the molecule is CC(C)CNS(=O)(=O)c1cccc(C(=O)NC2CC2)c1. The molecule has 1 aromatic rings. The van der Waals surface area contributed by atoms with Gasteiger partial charge in [0.05, 0.1) is 4.90 Å². The molecule has 0 radical (unpaired) electrons. The zero-order valence-corrected chi connectivity index (χ0v) is 12.5. The van der Waals surface area contributed by atoms with Crippen LogP contribution in [-0.4, -0.2) is 26.9 Å². The van der Waals surface area contributed by atoms with Crippen molar-refractivity contribution in [1.82, 2.24) is 10.0 Å². The lowest BCUT2D eigenvalue weighted by Gasteiger charge is -2.10. The Morgan fingerprint density at radius 3 is 2.65 bits per heavy atom. The van der Waals surface area contributed by atoms with Crippen LogP contribution >= 0.6 is 0 Å². The second-order valence-corrected chi connectivity index (χ2v) is 7.29. The van der Waals surface area contributed by atoms with Gasteiger partial charge in [0.1, 0.15) is 0 Å². The van der Waals surface area contributed by atoms with Crippen LogP contribution in [0.1, 0.15) is 37.0 Å². The van der Waals surface area contributed by atoms with Crippen LogP contribution < -0.4 is 10.0 Å². The van der Waals surface area contributed by atoms with E-state index < -0.39 is 10.0 Å². The molecule has 110 valence electrons. The number of nitrogens with one attached hydrogen (secondary N) is 2. The zero-order chi connectivity index (χ0) is 14.8. The highest BCUT2D eigenvalue weighted by atomic mass is 32.2. The monoisotopic (exact) mass is 296 g/mol. The highest BCUT2D eigenvalue weighted by Gasteiger charge is 2.24. The summed E-state index contributed by atoms with van der Waals surface area (Å²) in [6.07, 6.45) is 2.00. The van der Waals surface area contributed by atoms with E-state index in [0.29, 0.717) is 12.1 Å². The number of benzene rings is 1. The van der Waals surface area contributed by atoms with E-state index in [2.05, 4.69) is 10.0 Å². The van der Waals surface area contributed by atoms with Crippen molar-refractivity contribution in [2.75, 3.05) is 6.54 Å². The van der Waals surface area contributed by atoms with Gasteiger partial charge in [-0.3, -0.25) is 4.79 Å². The van der Waals surface area contributed by atoms with E-state index >= 15 is 0 Å². The first-order chi connectivity index (χ1) is 9.38. The summed E-state index contributed by atoms with van der Waals surface area (Å²) in [7, 11) is -3.55. The molecule has 6 heteroatoms. The highest BCUT2D eigenvalue weighted by Crippen LogP contribution is 2.20. The van der Waals surface area contributed by atoms with Crippen LogP contribution in [0.3, 0.4) is 0 Å². The van der Waals surface area contributed by atoms with Gasteiger partial charge in [-0.15, -0.1) is 0 Å². The Bertz CT molecular complexity index is 592. The van der Waals surface area contributed by atoms with Crippen molar-refractivity contribution in [3.05, 3.63) is 29.8 Å². The van der Waals surface area contributed by atoms with E-state index in [4.69, 9.17) is 0 Å². The lowest BCUT2D eigenvalue weighted by molar-refractivity contribution is 0.0951. The molecule has 2 rings (SSSR count). The molecule has 0 aromatic heterocycles. The van der Waals surface area contributed by atoms with E-state index in [1.54, 1.807) is 12.1 Å². The summed E-state index contributed by atoms with van der Waals surface area (Å²) in [5, 5.41) is 2.84. The highest BCUT2D eigenvalue weighted by molar-refractivity contribution is 7.89. The molecule has 0 atom stereocenters. The van der Waals surface area contributed by atoms with Crippen molar-refractivity contribution in [2.45, 2.75) is 37.6 Å². The lowest BCUT2D eigenvalue weighted by atomic mass is 10.2. The normalized spacial score (nSPS) is 15.3. The van der Waals surface area contributed by atoms with Crippen molar-refractivity contribution in [3.63, 3.8) is 0 Å². The van der Waals surface area contributed by atoms with Gasteiger partial charge in [0.15, 0.2) is 0 Å². The van der Waals surface area contributed by atoms with Crippen LogP contribution in [0, 0.1) is 5.92 Å². The molecule has 5 nitrogen and oxygen atoms in total. The maximum Gasteiger partial charge on any atom is 0.251 e. The number of amides is 1. The van der Waals surface area contributed by atoms with E-state index in [9.17, 15) is 13.2 Å². The molecule has 1 aromatic carbocycles. The van der Waals surface area contributed by atoms with E-state index in [0.717, 1.165) is 12.8 Å². The molecule has 1 fully saturated rings. The third-order valence-corrected chi connectivity index (χ3v) is 4.42. The number of sulfonamides is 1. The molecule has 0 bridgehead atoms. The molecule has 20 heavy (non-hydrogen) atoms. The Balaban J connectivity index is 2.13. The molecule has 0 saturated heterocycles. The predicted octanol–water partition coefficient (Wildman–Crippen LogP) is 1.51. The van der Waals surface area contributed by atoms with Gasteiger partial charge in [0.25, 0.3) is 5.91 Å². The van der Waals surface area contributed by atoms with Gasteiger partial charge >= 0.3 is 0 Å². The summed E-state index contributed by atoms with van der Waals surface area (Å²) in [6.45, 7) is 4.24. The first-order valence-electron chi connectivity index (χ1n) is 6.79. The van der Waals surface area contributed by atoms with Crippen molar-refractivity contribution in [1.29, 1.82) is 0 Å². The first kappa shape index (κ1) is 15.0. The van der Waals surface area contributed by atoms with Gasteiger partial charge in [-0.2, -0.15) is 0 Å². The minimum Gasteiger partial charge on any atom is -0.349 e. The van der Waals surface area contributed by atoms with Gasteiger partial charge < -0.3 is 5.32 Å². The fraction of sp³-hybridized carbons (Fsp3) is 0.500. The number of rotatable bonds is 6. The van der Waals surface area contributed by atoms with Gasteiger partial charge in [-0.1, -0.05) is 19.9 Å². The Labute approximate surface area is 119 Å². The minimum atomic E-state index is -3.55. The van der Waals surface area contributed by atoms with Crippen LogP contribution in [0.2, 0.25) is 0 Å². The number of carbonyl (C=O) groups is 1. The number of hydrogen-bond acceptors (Lipinski definition) is 3. The maximum absolute atomic E-state index is 12.1. The molecular formula is C14H20N2O3S.